The molecule has 63 valence electrons. The van der Waals surface area contributed by atoms with Crippen LogP contribution < -0.4 is 4.74 Å². The summed E-state index contributed by atoms with van der Waals surface area (Å²) in [7, 11) is 0. The summed E-state index contributed by atoms with van der Waals surface area (Å²) in [5.74, 6) is 0.991. The minimum absolute atomic E-state index is 0. The molecule has 0 atom stereocenters. The van der Waals surface area contributed by atoms with Gasteiger partial charge in [0.2, 0.25) is 0 Å². The first-order chi connectivity index (χ1) is 4.97. The van der Waals surface area contributed by atoms with Crippen LogP contribution in [0, 0.1) is 7.43 Å². The maximum absolute atomic E-state index is 5.34. The van der Waals surface area contributed by atoms with Crippen molar-refractivity contribution in [2.24, 2.45) is 0 Å². The summed E-state index contributed by atoms with van der Waals surface area (Å²) < 4.78 is 5.34. The topological polar surface area (TPSA) is 9.23 Å². The molecule has 5 radical (unpaired) electrons. The molecule has 2 heteroatoms. The van der Waals surface area contributed by atoms with E-state index >= 15 is 0 Å². The van der Waals surface area contributed by atoms with Gasteiger partial charge in [-0.15, -0.1) is 0 Å². The molecule has 0 fully saturated rings. The van der Waals surface area contributed by atoms with Crippen LogP contribution in [0.5, 0.6) is 5.75 Å². The Labute approximate surface area is 83.6 Å². The van der Waals surface area contributed by atoms with Crippen molar-refractivity contribution in [3.05, 3.63) is 43.3 Å². The smallest absolute Gasteiger partial charge is 0.126 e. The molecule has 0 aromatic heterocycles. The van der Waals surface area contributed by atoms with Gasteiger partial charge in [0.05, 0.1) is 0 Å². The molecule has 1 heterocycles. The monoisotopic (exact) mass is 203 g/mol. The molecule has 0 saturated carbocycles. The largest absolute Gasteiger partial charge is 0.489 e. The van der Waals surface area contributed by atoms with Gasteiger partial charge in [-0.25, -0.2) is 0 Å². The zero-order chi connectivity index (χ0) is 6.81. The van der Waals surface area contributed by atoms with Gasteiger partial charge in [0.15, 0.2) is 0 Å². The van der Waals surface area contributed by atoms with Crippen molar-refractivity contribution in [3.63, 3.8) is 0 Å². The second kappa shape index (κ2) is 5.01. The van der Waals surface area contributed by atoms with E-state index in [1.165, 1.54) is 5.56 Å². The molecular formula is C10H8CoO. The van der Waals surface area contributed by atoms with Gasteiger partial charge in [-0.2, -0.15) is 0 Å². The van der Waals surface area contributed by atoms with Crippen LogP contribution in [0.4, 0.5) is 0 Å². The Morgan fingerprint density at radius 3 is 2.67 bits per heavy atom. The van der Waals surface area contributed by atoms with Crippen LogP contribution in [0.15, 0.2) is 30.3 Å². The molecule has 0 saturated heterocycles. The summed E-state index contributed by atoms with van der Waals surface area (Å²) in [6, 6.07) is 8.03. The van der Waals surface area contributed by atoms with E-state index in [0.717, 1.165) is 5.75 Å². The van der Waals surface area contributed by atoms with Crippen molar-refractivity contribution in [1.82, 2.24) is 0 Å². The number of hydrogen-bond donors (Lipinski definition) is 0. The van der Waals surface area contributed by atoms with Crippen LogP contribution in [-0.4, -0.2) is 6.61 Å². The number of fused-ring (bicyclic) bond motifs is 1. The third-order valence-electron chi connectivity index (χ3n) is 1.55. The summed E-state index contributed by atoms with van der Waals surface area (Å²) in [6.07, 6.45) is 4.10. The van der Waals surface area contributed by atoms with E-state index in [9.17, 15) is 0 Å². The van der Waals surface area contributed by atoms with Crippen LogP contribution in [0.1, 0.15) is 5.56 Å². The fourth-order valence-corrected chi connectivity index (χ4v) is 1.06. The molecule has 0 unspecified atom stereocenters. The summed E-state index contributed by atoms with van der Waals surface area (Å²) in [5.41, 5.74) is 1.17. The summed E-state index contributed by atoms with van der Waals surface area (Å²) in [4.78, 5) is 0. The van der Waals surface area contributed by atoms with E-state index in [0.29, 0.717) is 6.61 Å². The van der Waals surface area contributed by atoms with Gasteiger partial charge in [-0.1, -0.05) is 24.3 Å². The molecule has 1 nitrogen and oxygen atoms in total. The Morgan fingerprint density at radius 2 is 1.92 bits per heavy atom. The Morgan fingerprint density at radius 1 is 1.17 bits per heavy atom. The van der Waals surface area contributed by atoms with Crippen LogP contribution in [-0.2, 0) is 16.8 Å². The summed E-state index contributed by atoms with van der Waals surface area (Å²) >= 11 is 0. The third-order valence-corrected chi connectivity index (χ3v) is 1.55. The minimum atomic E-state index is 0. The van der Waals surface area contributed by atoms with Crippen LogP contribution >= 0.6 is 0 Å². The predicted molar refractivity (Wildman–Crippen MR) is 44.2 cm³/mol. The number of ether oxygens (including phenoxy) is 1. The summed E-state index contributed by atoms with van der Waals surface area (Å²) in [6.45, 7) is 0.705. The number of hydrogen-bond acceptors (Lipinski definition) is 1. The standard InChI is InChI=1S/C9H8O.C.Co/c1-2-6-9-8(4-1)5-3-7-10-9;;/h1-6H,7H2;;. The second-order valence-electron chi connectivity index (χ2n) is 2.25. The third kappa shape index (κ3) is 2.12. The molecular weight excluding hydrogens is 195 g/mol. The van der Waals surface area contributed by atoms with Gasteiger partial charge in [0, 0.05) is 29.8 Å². The zero-order valence-corrected chi connectivity index (χ0v) is 7.45. The number of para-hydroxylation sites is 1. The van der Waals surface area contributed by atoms with Gasteiger partial charge in [0.25, 0.3) is 0 Å². The van der Waals surface area contributed by atoms with Gasteiger partial charge < -0.3 is 4.74 Å². The number of benzene rings is 1. The molecule has 0 bridgehead atoms. The van der Waals surface area contributed by atoms with Crippen molar-refractivity contribution in [3.8, 4) is 5.75 Å². The molecule has 1 aliphatic heterocycles. The van der Waals surface area contributed by atoms with Gasteiger partial charge in [-0.05, 0) is 12.1 Å². The molecule has 0 spiro atoms. The molecule has 12 heavy (non-hydrogen) atoms. The normalized spacial score (nSPS) is 11.7. The SMILES string of the molecule is C1=Cc2ccccc2OC1.[C].[Co]. The molecule has 0 N–H and O–H groups in total. The molecule has 0 amide bonds. The van der Waals surface area contributed by atoms with Crippen LogP contribution in [0.2, 0.25) is 0 Å². The van der Waals surface area contributed by atoms with E-state index in [4.69, 9.17) is 4.74 Å². The Balaban J connectivity index is 0.000000605. The fourth-order valence-electron chi connectivity index (χ4n) is 1.06. The predicted octanol–water partition coefficient (Wildman–Crippen LogP) is 2.17. The quantitative estimate of drug-likeness (QED) is 0.627. The molecule has 0 aliphatic carbocycles. The average molecular weight is 203 g/mol. The fraction of sp³-hybridized carbons (Fsp3) is 0.100. The first-order valence-corrected chi connectivity index (χ1v) is 3.35. The second-order valence-corrected chi connectivity index (χ2v) is 2.25. The van der Waals surface area contributed by atoms with Crippen molar-refractivity contribution in [2.75, 3.05) is 6.61 Å². The molecule has 1 aromatic rings. The van der Waals surface area contributed by atoms with Gasteiger partial charge in [0.1, 0.15) is 12.4 Å². The molecule has 2 rings (SSSR count). The maximum Gasteiger partial charge on any atom is 0.126 e. The Bertz CT molecular complexity index is 268. The van der Waals surface area contributed by atoms with Crippen LogP contribution in [0.25, 0.3) is 6.08 Å². The zero-order valence-electron chi connectivity index (χ0n) is 6.41. The van der Waals surface area contributed by atoms with E-state index in [-0.39, 0.29) is 24.2 Å². The van der Waals surface area contributed by atoms with E-state index in [1.54, 1.807) is 0 Å². The first-order valence-electron chi connectivity index (χ1n) is 3.35. The summed E-state index contributed by atoms with van der Waals surface area (Å²) in [5, 5.41) is 0. The van der Waals surface area contributed by atoms with Crippen molar-refractivity contribution >= 4 is 6.08 Å². The molecule has 1 aliphatic rings. The van der Waals surface area contributed by atoms with Crippen molar-refractivity contribution in [2.45, 2.75) is 0 Å². The molecule has 1 aromatic carbocycles. The van der Waals surface area contributed by atoms with E-state index in [1.807, 2.05) is 30.3 Å². The first kappa shape index (κ1) is 11.3. The average Bonchev–Trinajstić information content (AvgIpc) is 2.05. The van der Waals surface area contributed by atoms with Gasteiger partial charge >= 0.3 is 0 Å². The van der Waals surface area contributed by atoms with E-state index < -0.39 is 0 Å². The van der Waals surface area contributed by atoms with E-state index in [2.05, 4.69) is 6.08 Å². The van der Waals surface area contributed by atoms with Crippen molar-refractivity contribution in [1.29, 1.82) is 0 Å². The Hall–Kier alpha value is -0.734. The van der Waals surface area contributed by atoms with Crippen LogP contribution in [0.3, 0.4) is 0 Å². The van der Waals surface area contributed by atoms with Crippen molar-refractivity contribution < 1.29 is 21.5 Å². The Kier molecular flexibility index (Phi) is 4.70. The number of rotatable bonds is 0. The maximum atomic E-state index is 5.34. The minimum Gasteiger partial charge on any atom is -0.489 e. The van der Waals surface area contributed by atoms with Gasteiger partial charge in [-0.3, -0.25) is 0 Å².